The Bertz CT molecular complexity index is 1100. The highest BCUT2D eigenvalue weighted by atomic mass is 32.1. The molecule has 6 nitrogen and oxygen atoms in total. The third-order valence-electron chi connectivity index (χ3n) is 5.20. The minimum absolute atomic E-state index is 0.00329. The van der Waals surface area contributed by atoms with E-state index >= 15 is 0 Å². The topological polar surface area (TPSA) is 76.1 Å². The van der Waals surface area contributed by atoms with Gasteiger partial charge in [-0.25, -0.2) is 14.8 Å². The molecule has 1 aliphatic heterocycles. The van der Waals surface area contributed by atoms with Crippen molar-refractivity contribution in [2.75, 3.05) is 12.4 Å². The number of rotatable bonds is 5. The van der Waals surface area contributed by atoms with Gasteiger partial charge in [-0.15, -0.1) is 11.3 Å². The lowest BCUT2D eigenvalue weighted by atomic mass is 9.88. The van der Waals surface area contributed by atoms with Gasteiger partial charge < -0.3 is 15.4 Å². The van der Waals surface area contributed by atoms with Gasteiger partial charge in [-0.05, 0) is 56.2 Å². The summed E-state index contributed by atoms with van der Waals surface area (Å²) in [4.78, 5) is 23.0. The van der Waals surface area contributed by atoms with E-state index in [2.05, 4.69) is 48.2 Å². The third-order valence-corrected chi connectivity index (χ3v) is 6.36. The first-order valence-electron chi connectivity index (χ1n) is 10.2. The number of nitrogens with one attached hydrogen (secondary N) is 2. The lowest BCUT2D eigenvalue weighted by Crippen LogP contribution is -2.48. The lowest BCUT2D eigenvalue weighted by Gasteiger charge is -2.38. The molecule has 0 amide bonds. The minimum Gasteiger partial charge on any atom is -0.465 e. The Morgan fingerprint density at radius 3 is 2.65 bits per heavy atom. The van der Waals surface area contributed by atoms with Gasteiger partial charge in [-0.2, -0.15) is 0 Å². The van der Waals surface area contributed by atoms with Crippen LogP contribution < -0.4 is 10.6 Å². The first-order chi connectivity index (χ1) is 14.8. The summed E-state index contributed by atoms with van der Waals surface area (Å²) < 4.78 is 4.76. The number of carbonyl (C=O) groups excluding carboxylic acids is 1. The van der Waals surface area contributed by atoms with Gasteiger partial charge in [0.15, 0.2) is 0 Å². The summed E-state index contributed by atoms with van der Waals surface area (Å²) in [7, 11) is 1.38. The minimum atomic E-state index is -0.333. The quantitative estimate of drug-likeness (QED) is 0.543. The molecule has 1 aliphatic rings. The maximum Gasteiger partial charge on any atom is 0.337 e. The van der Waals surface area contributed by atoms with E-state index in [1.165, 1.54) is 7.11 Å². The maximum atomic E-state index is 11.6. The fraction of sp³-hybridized carbons (Fsp3) is 0.292. The van der Waals surface area contributed by atoms with Crippen molar-refractivity contribution >= 4 is 23.3 Å². The number of hydrogen-bond donors (Lipinski definition) is 2. The van der Waals surface area contributed by atoms with Crippen LogP contribution in [-0.2, 0) is 4.74 Å². The highest BCUT2D eigenvalue weighted by molar-refractivity contribution is 7.18. The molecule has 1 fully saturated rings. The monoisotopic (exact) mass is 434 g/mol. The van der Waals surface area contributed by atoms with Crippen molar-refractivity contribution in [1.29, 1.82) is 0 Å². The summed E-state index contributed by atoms with van der Waals surface area (Å²) in [5.74, 6) is 0.297. The zero-order valence-corrected chi connectivity index (χ0v) is 18.8. The van der Waals surface area contributed by atoms with Crippen LogP contribution in [0.4, 0.5) is 5.95 Å². The predicted molar refractivity (Wildman–Crippen MR) is 125 cm³/mol. The van der Waals surface area contributed by atoms with Gasteiger partial charge >= 0.3 is 5.97 Å². The van der Waals surface area contributed by atoms with E-state index in [1.807, 2.05) is 18.2 Å². The fourth-order valence-electron chi connectivity index (χ4n) is 3.94. The molecule has 0 radical (unpaired) electrons. The fourth-order valence-corrected chi connectivity index (χ4v) is 4.92. The molecular weight excluding hydrogens is 408 g/mol. The number of carbonyl (C=O) groups is 1. The van der Waals surface area contributed by atoms with Crippen LogP contribution in [0.5, 0.6) is 0 Å². The Labute approximate surface area is 186 Å². The molecule has 0 saturated carbocycles. The molecule has 1 atom stereocenters. The number of piperidine rings is 1. The largest absolute Gasteiger partial charge is 0.465 e. The molecule has 1 unspecified atom stereocenters. The van der Waals surface area contributed by atoms with Crippen molar-refractivity contribution in [1.82, 2.24) is 15.3 Å². The molecule has 0 bridgehead atoms. The Morgan fingerprint density at radius 2 is 1.94 bits per heavy atom. The molecule has 3 heterocycles. The number of thiophene rings is 1. The molecule has 31 heavy (non-hydrogen) atoms. The second-order valence-electron chi connectivity index (χ2n) is 8.36. The molecule has 2 N–H and O–H groups in total. The molecule has 0 spiro atoms. The Hall–Kier alpha value is -3.19. The van der Waals surface area contributed by atoms with Gasteiger partial charge in [0, 0.05) is 34.8 Å². The van der Waals surface area contributed by atoms with Crippen molar-refractivity contribution in [3.05, 3.63) is 66.5 Å². The first kappa shape index (κ1) is 21.1. The highest BCUT2D eigenvalue weighted by Gasteiger charge is 2.29. The van der Waals surface area contributed by atoms with E-state index < -0.39 is 0 Å². The molecule has 1 saturated heterocycles. The molecule has 2 aromatic heterocycles. The number of hydrogen-bond acceptors (Lipinski definition) is 7. The van der Waals surface area contributed by atoms with Crippen molar-refractivity contribution in [3.8, 4) is 21.0 Å². The van der Waals surface area contributed by atoms with Gasteiger partial charge in [0.25, 0.3) is 0 Å². The molecule has 7 heteroatoms. The lowest BCUT2D eigenvalue weighted by molar-refractivity contribution is 0.0600. The van der Waals surface area contributed by atoms with Crippen LogP contribution in [-0.4, -0.2) is 34.6 Å². The number of ether oxygens (including phenoxy) is 1. The zero-order chi connectivity index (χ0) is 22.0. The Kier molecular flexibility index (Phi) is 5.78. The summed E-state index contributed by atoms with van der Waals surface area (Å²) in [6.45, 7) is 8.45. The third kappa shape index (κ3) is 4.94. The molecular formula is C24H26N4O2S. The molecule has 4 rings (SSSR count). The van der Waals surface area contributed by atoms with Crippen LogP contribution in [0, 0.1) is 0 Å². The number of aromatic nitrogens is 2. The summed E-state index contributed by atoms with van der Waals surface area (Å²) in [5.41, 5.74) is 3.50. The van der Waals surface area contributed by atoms with Crippen molar-refractivity contribution in [3.63, 3.8) is 0 Å². The van der Waals surface area contributed by atoms with Crippen molar-refractivity contribution < 1.29 is 9.53 Å². The second kappa shape index (κ2) is 8.51. The van der Waals surface area contributed by atoms with Crippen LogP contribution in [0.25, 0.3) is 21.0 Å². The van der Waals surface area contributed by atoms with Crippen molar-refractivity contribution in [2.45, 2.75) is 38.3 Å². The standard InChI is InChI=1S/C24H26N4O2S/c1-15-13-18(14-24(2,3)28-15)26-23-25-12-11-19(27-23)21-10-9-20(31-21)16-5-7-17(8-6-16)22(29)30-4/h5-12,18,28H,1,13-14H2,2-4H3,(H,25,26,27). The average Bonchev–Trinajstić information content (AvgIpc) is 3.22. The average molecular weight is 435 g/mol. The van der Waals surface area contributed by atoms with Crippen LogP contribution >= 0.6 is 11.3 Å². The summed E-state index contributed by atoms with van der Waals surface area (Å²) in [5, 5.41) is 6.92. The first-order valence-corrected chi connectivity index (χ1v) is 11.0. The highest BCUT2D eigenvalue weighted by Crippen LogP contribution is 2.34. The summed E-state index contributed by atoms with van der Waals surface area (Å²) in [6.07, 6.45) is 3.60. The van der Waals surface area contributed by atoms with E-state index in [1.54, 1.807) is 29.7 Å². The van der Waals surface area contributed by atoms with Gasteiger partial charge in [0.05, 0.1) is 23.2 Å². The van der Waals surface area contributed by atoms with Crippen LogP contribution in [0.2, 0.25) is 0 Å². The van der Waals surface area contributed by atoms with Crippen LogP contribution in [0.15, 0.2) is 60.9 Å². The van der Waals surface area contributed by atoms with E-state index in [0.717, 1.165) is 39.6 Å². The second-order valence-corrected chi connectivity index (χ2v) is 9.44. The zero-order valence-electron chi connectivity index (χ0n) is 17.9. The Morgan fingerprint density at radius 1 is 1.19 bits per heavy atom. The van der Waals surface area contributed by atoms with Gasteiger partial charge in [-0.1, -0.05) is 18.7 Å². The van der Waals surface area contributed by atoms with Crippen LogP contribution in [0.3, 0.4) is 0 Å². The van der Waals surface area contributed by atoms with Gasteiger partial charge in [-0.3, -0.25) is 0 Å². The Balaban J connectivity index is 1.50. The summed E-state index contributed by atoms with van der Waals surface area (Å²) >= 11 is 1.66. The molecule has 3 aromatic rings. The van der Waals surface area contributed by atoms with E-state index in [4.69, 9.17) is 9.72 Å². The molecule has 160 valence electrons. The van der Waals surface area contributed by atoms with Crippen LogP contribution in [0.1, 0.15) is 37.0 Å². The predicted octanol–water partition coefficient (Wildman–Crippen LogP) is 5.11. The summed E-state index contributed by atoms with van der Waals surface area (Å²) in [6, 6.07) is 13.7. The number of anilines is 1. The number of benzene rings is 1. The van der Waals surface area contributed by atoms with Crippen molar-refractivity contribution in [2.24, 2.45) is 0 Å². The van der Waals surface area contributed by atoms with E-state index in [-0.39, 0.29) is 17.6 Å². The van der Waals surface area contributed by atoms with E-state index in [0.29, 0.717) is 11.5 Å². The van der Waals surface area contributed by atoms with Gasteiger partial charge in [0.1, 0.15) is 0 Å². The number of esters is 1. The smallest absolute Gasteiger partial charge is 0.337 e. The molecule has 1 aromatic carbocycles. The SMILES string of the molecule is C=C1CC(Nc2nccc(-c3ccc(-c4ccc(C(=O)OC)cc4)s3)n2)CC(C)(C)N1. The maximum absolute atomic E-state index is 11.6. The van der Waals surface area contributed by atoms with Gasteiger partial charge in [0.2, 0.25) is 5.95 Å². The normalized spacial score (nSPS) is 17.6. The number of nitrogens with zero attached hydrogens (tertiary/aromatic N) is 2. The van der Waals surface area contributed by atoms with E-state index in [9.17, 15) is 4.79 Å². The number of methoxy groups -OCH3 is 1. The molecule has 0 aliphatic carbocycles.